The van der Waals surface area contributed by atoms with Crippen LogP contribution in [0.4, 0.5) is 4.79 Å². The Morgan fingerprint density at radius 1 is 1.38 bits per heavy atom. The van der Waals surface area contributed by atoms with Gasteiger partial charge in [-0.2, -0.15) is 5.10 Å². The Bertz CT molecular complexity index is 804. The van der Waals surface area contributed by atoms with E-state index < -0.39 is 22.9 Å². The second-order valence-corrected chi connectivity index (χ2v) is 5.93. The van der Waals surface area contributed by atoms with Gasteiger partial charge in [-0.15, -0.1) is 0 Å². The smallest absolute Gasteiger partial charge is 0.292 e. The van der Waals surface area contributed by atoms with Gasteiger partial charge >= 0.3 is 5.69 Å². The van der Waals surface area contributed by atoms with Crippen molar-refractivity contribution in [3.8, 4) is 0 Å². The van der Waals surface area contributed by atoms with E-state index >= 15 is 0 Å². The summed E-state index contributed by atoms with van der Waals surface area (Å²) >= 11 is 9.55. The van der Waals surface area contributed by atoms with Gasteiger partial charge in [0.25, 0.3) is 5.24 Å². The predicted octanol–water partition coefficient (Wildman–Crippen LogP) is 1.44. The summed E-state index contributed by atoms with van der Waals surface area (Å²) < 4.78 is 1.19. The van der Waals surface area contributed by atoms with Gasteiger partial charge in [0.2, 0.25) is 5.91 Å². The van der Waals surface area contributed by atoms with E-state index in [0.29, 0.717) is 17.3 Å². The fourth-order valence-corrected chi connectivity index (χ4v) is 2.37. The molecule has 3 N–H and O–H groups in total. The van der Waals surface area contributed by atoms with Crippen LogP contribution < -0.4 is 16.5 Å². The summed E-state index contributed by atoms with van der Waals surface area (Å²) in [6.45, 7) is 1.67. The van der Waals surface area contributed by atoms with Gasteiger partial charge in [-0.3, -0.25) is 25.4 Å². The number of amides is 2. The van der Waals surface area contributed by atoms with Crippen molar-refractivity contribution in [2.75, 3.05) is 0 Å². The molecule has 2 aromatic rings. The number of thiol groups is 1. The monoisotopic (exact) mass is 369 g/mol. The number of carbonyl (C=O) groups is 2. The topological polar surface area (TPSA) is 109 Å². The van der Waals surface area contributed by atoms with E-state index in [2.05, 4.69) is 33.6 Å². The summed E-state index contributed by atoms with van der Waals surface area (Å²) in [7, 11) is 0. The van der Waals surface area contributed by atoms with Crippen LogP contribution in [-0.4, -0.2) is 25.9 Å². The SMILES string of the molecule is CC(CC(=O)NNC(=O)S)n1nc(Cc2ccccc2Cl)[nH]c1=O. The van der Waals surface area contributed by atoms with Gasteiger partial charge in [0.15, 0.2) is 0 Å². The second kappa shape index (κ2) is 8.02. The first-order valence-corrected chi connectivity index (χ1v) is 7.88. The third kappa shape index (κ3) is 4.87. The Labute approximate surface area is 148 Å². The molecule has 1 atom stereocenters. The van der Waals surface area contributed by atoms with E-state index in [-0.39, 0.29) is 6.42 Å². The molecule has 1 unspecified atom stereocenters. The molecule has 1 heterocycles. The van der Waals surface area contributed by atoms with E-state index in [1.807, 2.05) is 18.2 Å². The molecule has 8 nitrogen and oxygen atoms in total. The average molecular weight is 370 g/mol. The number of nitrogens with zero attached hydrogens (tertiary/aromatic N) is 2. The summed E-state index contributed by atoms with van der Waals surface area (Å²) in [6.07, 6.45) is 0.334. The van der Waals surface area contributed by atoms with Crippen LogP contribution in [0.25, 0.3) is 0 Å². The largest absolute Gasteiger partial charge is 0.343 e. The molecule has 0 fully saturated rings. The van der Waals surface area contributed by atoms with Crippen LogP contribution in [0.3, 0.4) is 0 Å². The highest BCUT2D eigenvalue weighted by Crippen LogP contribution is 2.17. The lowest BCUT2D eigenvalue weighted by Gasteiger charge is -2.10. The zero-order chi connectivity index (χ0) is 17.7. The summed E-state index contributed by atoms with van der Waals surface area (Å²) in [5.74, 6) is -0.0172. The average Bonchev–Trinajstić information content (AvgIpc) is 2.88. The zero-order valence-electron chi connectivity index (χ0n) is 12.7. The molecule has 1 aromatic heterocycles. The minimum Gasteiger partial charge on any atom is -0.292 e. The summed E-state index contributed by atoms with van der Waals surface area (Å²) in [4.78, 5) is 36.9. The molecule has 10 heteroatoms. The highest BCUT2D eigenvalue weighted by Gasteiger charge is 2.16. The van der Waals surface area contributed by atoms with Crippen LogP contribution in [0, 0.1) is 0 Å². The predicted molar refractivity (Wildman–Crippen MR) is 92.1 cm³/mol. The van der Waals surface area contributed by atoms with Crippen molar-refractivity contribution in [3.05, 3.63) is 51.2 Å². The summed E-state index contributed by atoms with van der Waals surface area (Å²) in [6, 6.07) is 6.77. The van der Waals surface area contributed by atoms with Gasteiger partial charge < -0.3 is 0 Å². The Balaban J connectivity index is 2.05. The van der Waals surface area contributed by atoms with Gasteiger partial charge in [-0.05, 0) is 18.6 Å². The third-order valence-corrected chi connectivity index (χ3v) is 3.69. The van der Waals surface area contributed by atoms with Crippen molar-refractivity contribution < 1.29 is 9.59 Å². The van der Waals surface area contributed by atoms with Crippen LogP contribution in [0.1, 0.15) is 30.8 Å². The zero-order valence-corrected chi connectivity index (χ0v) is 14.4. The summed E-state index contributed by atoms with van der Waals surface area (Å²) in [5.41, 5.74) is 4.64. The van der Waals surface area contributed by atoms with E-state index in [9.17, 15) is 14.4 Å². The van der Waals surface area contributed by atoms with Gasteiger partial charge in [0, 0.05) is 11.4 Å². The number of carbonyl (C=O) groups excluding carboxylic acids is 2. The molecule has 0 aliphatic carbocycles. The van der Waals surface area contributed by atoms with E-state index in [0.717, 1.165) is 5.56 Å². The van der Waals surface area contributed by atoms with Crippen molar-refractivity contribution in [1.82, 2.24) is 25.6 Å². The Hall–Kier alpha value is -2.26. The van der Waals surface area contributed by atoms with Crippen LogP contribution in [0.15, 0.2) is 29.1 Å². The molecular weight excluding hydrogens is 354 g/mol. The molecule has 0 aliphatic rings. The minimum absolute atomic E-state index is 0.0374. The van der Waals surface area contributed by atoms with Crippen molar-refractivity contribution in [3.63, 3.8) is 0 Å². The number of benzene rings is 1. The molecule has 1 aromatic carbocycles. The second-order valence-electron chi connectivity index (χ2n) is 5.12. The summed E-state index contributed by atoms with van der Waals surface area (Å²) in [5, 5.41) is 4.10. The van der Waals surface area contributed by atoms with Gasteiger partial charge in [0.1, 0.15) is 5.82 Å². The fraction of sp³-hybridized carbons (Fsp3) is 0.286. The molecule has 0 saturated heterocycles. The molecule has 0 radical (unpaired) electrons. The number of halogens is 1. The highest BCUT2D eigenvalue weighted by atomic mass is 35.5. The third-order valence-electron chi connectivity index (χ3n) is 3.21. The minimum atomic E-state index is -0.685. The van der Waals surface area contributed by atoms with Crippen LogP contribution >= 0.6 is 24.2 Å². The number of aromatic nitrogens is 3. The maximum atomic E-state index is 12.0. The molecule has 0 aliphatic heterocycles. The lowest BCUT2D eigenvalue weighted by molar-refractivity contribution is -0.122. The van der Waals surface area contributed by atoms with Crippen molar-refractivity contribution >= 4 is 35.4 Å². The van der Waals surface area contributed by atoms with Crippen LogP contribution in [0.5, 0.6) is 0 Å². The van der Waals surface area contributed by atoms with Crippen molar-refractivity contribution in [2.24, 2.45) is 0 Å². The molecule has 0 spiro atoms. The number of hydrazine groups is 1. The normalized spacial score (nSPS) is 11.8. The molecular formula is C14H16ClN5O3S. The first-order chi connectivity index (χ1) is 11.4. The number of nitrogens with one attached hydrogen (secondary N) is 3. The molecule has 2 amide bonds. The van der Waals surface area contributed by atoms with E-state index in [1.165, 1.54) is 4.68 Å². The molecule has 0 bridgehead atoms. The van der Waals surface area contributed by atoms with Gasteiger partial charge in [0.05, 0.1) is 12.5 Å². The standard InChI is InChI=1S/C14H16ClN5O3S/c1-8(6-12(21)17-18-14(23)24)20-13(22)16-11(19-20)7-9-4-2-3-5-10(9)15/h2-5,8H,6-7H2,1H3,(H,17,21)(H,16,19,22)(H2,18,23,24). The molecule has 128 valence electrons. The first-order valence-electron chi connectivity index (χ1n) is 7.05. The maximum absolute atomic E-state index is 12.0. The quantitative estimate of drug-likeness (QED) is 0.472. The van der Waals surface area contributed by atoms with Gasteiger partial charge in [-0.25, -0.2) is 9.48 Å². The Morgan fingerprint density at radius 3 is 2.75 bits per heavy atom. The van der Waals surface area contributed by atoms with Crippen LogP contribution in [-0.2, 0) is 11.2 Å². The maximum Gasteiger partial charge on any atom is 0.343 e. The van der Waals surface area contributed by atoms with E-state index in [4.69, 9.17) is 11.6 Å². The number of rotatable bonds is 5. The lowest BCUT2D eigenvalue weighted by Crippen LogP contribution is -2.40. The van der Waals surface area contributed by atoms with Gasteiger partial charge in [-0.1, -0.05) is 42.4 Å². The fourth-order valence-electron chi connectivity index (χ4n) is 2.11. The first kappa shape index (κ1) is 18.1. The molecule has 2 rings (SSSR count). The van der Waals surface area contributed by atoms with Crippen LogP contribution in [0.2, 0.25) is 5.02 Å². The number of aromatic amines is 1. The number of hydrogen-bond acceptors (Lipinski definition) is 4. The molecule has 24 heavy (non-hydrogen) atoms. The van der Waals surface area contributed by atoms with Crippen molar-refractivity contribution in [1.29, 1.82) is 0 Å². The number of hydrogen-bond donors (Lipinski definition) is 4. The van der Waals surface area contributed by atoms with E-state index in [1.54, 1.807) is 13.0 Å². The number of H-pyrrole nitrogens is 1. The highest BCUT2D eigenvalue weighted by molar-refractivity contribution is 7.96. The Morgan fingerprint density at radius 2 is 2.08 bits per heavy atom. The van der Waals surface area contributed by atoms with Crippen molar-refractivity contribution in [2.45, 2.75) is 25.8 Å². The molecule has 0 saturated carbocycles. The lowest BCUT2D eigenvalue weighted by atomic mass is 10.1. The Kier molecular flexibility index (Phi) is 6.04.